The lowest BCUT2D eigenvalue weighted by molar-refractivity contribution is -0.384. The second kappa shape index (κ2) is 7.79. The molecule has 0 saturated carbocycles. The smallest absolute Gasteiger partial charge is 0.282 e. The van der Waals surface area contributed by atoms with Gasteiger partial charge in [-0.1, -0.05) is 17.7 Å². The molecular weight excluding hydrogens is 386 g/mol. The number of hydrogen-bond donors (Lipinski definition) is 1. The molecule has 2 aromatic rings. The number of nitrogens with zero attached hydrogens (tertiary/aromatic N) is 3. The van der Waals surface area contributed by atoms with E-state index >= 15 is 0 Å². The predicted octanol–water partition coefficient (Wildman–Crippen LogP) is 2.46. The van der Waals surface area contributed by atoms with E-state index in [1.54, 1.807) is 25.2 Å². The lowest BCUT2D eigenvalue weighted by Gasteiger charge is -2.20. The highest BCUT2D eigenvalue weighted by Crippen LogP contribution is 2.35. The molecule has 0 spiro atoms. The molecular formula is C19H16ClN3O5. The molecule has 1 aliphatic rings. The molecule has 0 saturated heterocycles. The summed E-state index contributed by atoms with van der Waals surface area (Å²) in [5.41, 5.74) is 0.768. The minimum atomic E-state index is -0.569. The molecule has 28 heavy (non-hydrogen) atoms. The molecule has 144 valence electrons. The number of hydrogen-bond acceptors (Lipinski definition) is 6. The van der Waals surface area contributed by atoms with Crippen molar-refractivity contribution < 1.29 is 19.6 Å². The number of nitro benzene ring substituents is 1. The largest absolute Gasteiger partial charge is 0.395 e. The monoisotopic (exact) mass is 401 g/mol. The number of rotatable bonds is 6. The topological polar surface area (TPSA) is 104 Å². The zero-order chi connectivity index (χ0) is 20.4. The molecule has 0 bridgehead atoms. The van der Waals surface area contributed by atoms with Crippen LogP contribution in [0.1, 0.15) is 5.56 Å². The summed E-state index contributed by atoms with van der Waals surface area (Å²) in [4.78, 5) is 39.1. The van der Waals surface area contributed by atoms with Crippen molar-refractivity contribution in [2.24, 2.45) is 0 Å². The maximum Gasteiger partial charge on any atom is 0.282 e. The van der Waals surface area contributed by atoms with Crippen molar-refractivity contribution in [1.82, 2.24) is 4.90 Å². The first-order chi connectivity index (χ1) is 13.3. The fourth-order valence-electron chi connectivity index (χ4n) is 2.99. The van der Waals surface area contributed by atoms with Crippen molar-refractivity contribution in [3.05, 3.63) is 74.9 Å². The number of amides is 2. The van der Waals surface area contributed by atoms with Crippen molar-refractivity contribution >= 4 is 40.4 Å². The average Bonchev–Trinajstić information content (AvgIpc) is 2.92. The van der Waals surface area contributed by atoms with Crippen molar-refractivity contribution in [1.29, 1.82) is 0 Å². The number of benzene rings is 2. The van der Waals surface area contributed by atoms with E-state index in [1.165, 1.54) is 35.2 Å². The van der Waals surface area contributed by atoms with Gasteiger partial charge in [-0.2, -0.15) is 0 Å². The highest BCUT2D eigenvalue weighted by atomic mass is 35.5. The van der Waals surface area contributed by atoms with E-state index in [0.717, 1.165) is 4.90 Å². The van der Waals surface area contributed by atoms with Crippen molar-refractivity contribution in [2.75, 3.05) is 25.1 Å². The lowest BCUT2D eigenvalue weighted by Crippen LogP contribution is -2.34. The maximum atomic E-state index is 13.1. The molecule has 0 aliphatic carbocycles. The summed E-state index contributed by atoms with van der Waals surface area (Å²) in [6.07, 6.45) is 0. The average molecular weight is 402 g/mol. The van der Waals surface area contributed by atoms with Gasteiger partial charge in [0.2, 0.25) is 0 Å². The van der Waals surface area contributed by atoms with Gasteiger partial charge in [-0.05, 0) is 35.9 Å². The lowest BCUT2D eigenvalue weighted by atomic mass is 10.0. The second-order valence-electron chi connectivity index (χ2n) is 6.10. The quantitative estimate of drug-likeness (QED) is 0.453. The van der Waals surface area contributed by atoms with E-state index in [0.29, 0.717) is 16.3 Å². The number of aliphatic hydroxyl groups excluding tert-OH is 1. The highest BCUT2D eigenvalue weighted by Gasteiger charge is 2.41. The first-order valence-corrected chi connectivity index (χ1v) is 8.68. The van der Waals surface area contributed by atoms with Crippen LogP contribution in [0, 0.1) is 10.1 Å². The van der Waals surface area contributed by atoms with Gasteiger partial charge in [0.1, 0.15) is 5.70 Å². The number of non-ortho nitro benzene ring substituents is 1. The predicted molar refractivity (Wildman–Crippen MR) is 104 cm³/mol. The minimum absolute atomic E-state index is 0.105. The number of anilines is 1. The molecule has 0 atom stereocenters. The van der Waals surface area contributed by atoms with Gasteiger partial charge < -0.3 is 10.0 Å². The van der Waals surface area contributed by atoms with Crippen LogP contribution in [0.3, 0.4) is 0 Å². The third kappa shape index (κ3) is 3.47. The Bertz CT molecular complexity index is 987. The molecule has 2 aromatic carbocycles. The van der Waals surface area contributed by atoms with Crippen molar-refractivity contribution in [3.63, 3.8) is 0 Å². The Hall–Kier alpha value is -3.23. The summed E-state index contributed by atoms with van der Waals surface area (Å²) in [6.45, 7) is -0.0829. The minimum Gasteiger partial charge on any atom is -0.395 e. The van der Waals surface area contributed by atoms with Gasteiger partial charge >= 0.3 is 0 Å². The molecule has 0 unspecified atom stereocenters. The summed E-state index contributed by atoms with van der Waals surface area (Å²) >= 11 is 6.00. The Morgan fingerprint density at radius 3 is 2.39 bits per heavy atom. The molecule has 1 aliphatic heterocycles. The van der Waals surface area contributed by atoms with Gasteiger partial charge in [-0.15, -0.1) is 0 Å². The van der Waals surface area contributed by atoms with Crippen LogP contribution >= 0.6 is 11.6 Å². The molecule has 0 radical (unpaired) electrons. The van der Waals surface area contributed by atoms with Crippen LogP contribution in [0.15, 0.2) is 54.2 Å². The third-order valence-corrected chi connectivity index (χ3v) is 4.54. The normalized spacial score (nSPS) is 14.0. The van der Waals surface area contributed by atoms with E-state index in [4.69, 9.17) is 11.6 Å². The van der Waals surface area contributed by atoms with Gasteiger partial charge in [0.05, 0.1) is 22.8 Å². The number of likely N-dealkylation sites (N-methyl/N-ethyl adjacent to an activating group) is 1. The van der Waals surface area contributed by atoms with Crippen LogP contribution in [0.2, 0.25) is 5.02 Å². The maximum absolute atomic E-state index is 13.1. The summed E-state index contributed by atoms with van der Waals surface area (Å²) in [5.74, 6) is -1.13. The molecule has 9 heteroatoms. The Labute approximate surface area is 165 Å². The number of imide groups is 1. The number of carbonyl (C=O) groups is 2. The Kier molecular flexibility index (Phi) is 5.43. The van der Waals surface area contributed by atoms with Crippen molar-refractivity contribution in [3.8, 4) is 0 Å². The molecule has 0 fully saturated rings. The molecule has 2 amide bonds. The number of halogens is 1. The van der Waals surface area contributed by atoms with Crippen molar-refractivity contribution in [2.45, 2.75) is 0 Å². The van der Waals surface area contributed by atoms with Crippen LogP contribution in [-0.2, 0) is 9.59 Å². The van der Waals surface area contributed by atoms with Gasteiger partial charge in [0.15, 0.2) is 0 Å². The fourth-order valence-corrected chi connectivity index (χ4v) is 3.18. The first kappa shape index (κ1) is 19.5. The SMILES string of the molecule is CN(CCO)C1=C(c2ccc([N+](=O)[O-])cc2)C(=O)N(c2cccc(Cl)c2)C1=O. The van der Waals surface area contributed by atoms with Gasteiger partial charge in [-0.3, -0.25) is 19.7 Å². The van der Waals surface area contributed by atoms with E-state index in [1.807, 2.05) is 0 Å². The third-order valence-electron chi connectivity index (χ3n) is 4.31. The number of nitro groups is 1. The van der Waals surface area contributed by atoms with Gasteiger partial charge in [0, 0.05) is 30.7 Å². The van der Waals surface area contributed by atoms with Crippen LogP contribution in [-0.4, -0.2) is 46.9 Å². The zero-order valence-corrected chi connectivity index (χ0v) is 15.6. The van der Waals surface area contributed by atoms with Crippen LogP contribution in [0.25, 0.3) is 5.57 Å². The first-order valence-electron chi connectivity index (χ1n) is 8.30. The van der Waals surface area contributed by atoms with E-state index in [-0.39, 0.29) is 30.1 Å². The van der Waals surface area contributed by atoms with E-state index < -0.39 is 16.7 Å². The van der Waals surface area contributed by atoms with E-state index in [9.17, 15) is 24.8 Å². The Morgan fingerprint density at radius 2 is 1.82 bits per heavy atom. The summed E-state index contributed by atoms with van der Waals surface area (Å²) in [6, 6.07) is 11.7. The number of aliphatic hydroxyl groups is 1. The standard InChI is InChI=1S/C19H16ClN3O5/c1-21(9-10-24)17-16(12-5-7-14(8-6-12)23(27)28)18(25)22(19(17)26)15-4-2-3-13(20)11-15/h2-8,11,24H,9-10H2,1H3. The second-order valence-corrected chi connectivity index (χ2v) is 6.53. The highest BCUT2D eigenvalue weighted by molar-refractivity contribution is 6.45. The van der Waals surface area contributed by atoms with Gasteiger partial charge in [-0.25, -0.2) is 4.90 Å². The molecule has 1 heterocycles. The Morgan fingerprint density at radius 1 is 1.14 bits per heavy atom. The fraction of sp³-hybridized carbons (Fsp3) is 0.158. The summed E-state index contributed by atoms with van der Waals surface area (Å²) in [7, 11) is 1.59. The molecule has 0 aromatic heterocycles. The molecule has 8 nitrogen and oxygen atoms in total. The summed E-state index contributed by atoms with van der Waals surface area (Å²) in [5, 5.41) is 20.5. The molecule has 1 N–H and O–H groups in total. The van der Waals surface area contributed by atoms with Crippen LogP contribution < -0.4 is 4.90 Å². The molecule has 3 rings (SSSR count). The Balaban J connectivity index is 2.12. The zero-order valence-electron chi connectivity index (χ0n) is 14.8. The summed E-state index contributed by atoms with van der Waals surface area (Å²) < 4.78 is 0. The van der Waals surface area contributed by atoms with Crippen LogP contribution in [0.4, 0.5) is 11.4 Å². The number of carbonyl (C=O) groups excluding carboxylic acids is 2. The van der Waals surface area contributed by atoms with E-state index in [2.05, 4.69) is 0 Å². The van der Waals surface area contributed by atoms with Gasteiger partial charge in [0.25, 0.3) is 17.5 Å². The van der Waals surface area contributed by atoms with Crippen LogP contribution in [0.5, 0.6) is 0 Å².